The Balaban J connectivity index is 0.000000170. The molecule has 1 aliphatic carbocycles. The minimum Gasteiger partial charge on any atom is -0.0882 e. The molecule has 0 saturated heterocycles. The van der Waals surface area contributed by atoms with E-state index in [-0.39, 0.29) is 19.5 Å². The Hall–Kier alpha value is -3.46. The summed E-state index contributed by atoms with van der Waals surface area (Å²) < 4.78 is 0. The van der Waals surface area contributed by atoms with Crippen molar-refractivity contribution in [3.05, 3.63) is 201 Å². The largest absolute Gasteiger partial charge is 0.0882 e. The van der Waals surface area contributed by atoms with Gasteiger partial charge in [0, 0.05) is 19.5 Å². The van der Waals surface area contributed by atoms with E-state index in [2.05, 4.69) is 201 Å². The van der Waals surface area contributed by atoms with Crippen molar-refractivity contribution >= 4 is 47.7 Å². The molecule has 226 valence electrons. The molecule has 0 aliphatic heterocycles. The van der Waals surface area contributed by atoms with Crippen molar-refractivity contribution in [2.45, 2.75) is 19.3 Å². The summed E-state index contributed by atoms with van der Waals surface area (Å²) in [7, 11) is -0.892. The monoisotopic (exact) mass is 708 g/mol. The zero-order valence-corrected chi connectivity index (χ0v) is 28.8. The standard InChI is InChI=1S/2C18H15P.C6H9.Rh/c2*1-4-10-16(11-5-1)19(17-12-6-2-7-13-17)18-14-8-3-9-15-18;1-2-4-6-5-3-1;/h2*1-15H;1-3H,4-6H2;. The normalized spacial score (nSPS) is 11.8. The molecular formula is C42H39P2Rh. The zero-order chi connectivity index (χ0) is 30.1. The first-order valence-corrected chi connectivity index (χ1v) is 18.0. The summed E-state index contributed by atoms with van der Waals surface area (Å²) in [4.78, 5) is 0. The predicted octanol–water partition coefficient (Wildman–Crippen LogP) is 8.82. The van der Waals surface area contributed by atoms with Crippen LogP contribution in [0.3, 0.4) is 0 Å². The van der Waals surface area contributed by atoms with E-state index in [9.17, 15) is 0 Å². The molecule has 0 amide bonds. The number of hydrogen-bond donors (Lipinski definition) is 0. The molecule has 7 rings (SSSR count). The van der Waals surface area contributed by atoms with Crippen LogP contribution < -0.4 is 31.8 Å². The maximum absolute atomic E-state index is 2.23. The summed E-state index contributed by atoms with van der Waals surface area (Å²) in [6, 6.07) is 64.7. The summed E-state index contributed by atoms with van der Waals surface area (Å²) in [6.07, 6.45) is 10.5. The molecule has 0 N–H and O–H groups in total. The van der Waals surface area contributed by atoms with Crippen LogP contribution in [0.15, 0.2) is 194 Å². The van der Waals surface area contributed by atoms with E-state index >= 15 is 0 Å². The second-order valence-electron chi connectivity index (χ2n) is 10.3. The molecule has 0 aromatic heterocycles. The van der Waals surface area contributed by atoms with Gasteiger partial charge in [0.25, 0.3) is 0 Å². The van der Waals surface area contributed by atoms with E-state index in [1.165, 1.54) is 51.1 Å². The molecule has 1 aliphatic rings. The van der Waals surface area contributed by atoms with Crippen molar-refractivity contribution < 1.29 is 19.5 Å². The van der Waals surface area contributed by atoms with E-state index in [1.54, 1.807) is 0 Å². The smallest absolute Gasteiger partial charge is 0 e. The molecule has 3 heteroatoms. The molecule has 0 heterocycles. The molecule has 0 fully saturated rings. The quantitative estimate of drug-likeness (QED) is 0.120. The van der Waals surface area contributed by atoms with Crippen molar-refractivity contribution in [2.24, 2.45) is 0 Å². The second-order valence-corrected chi connectivity index (χ2v) is 14.7. The van der Waals surface area contributed by atoms with Crippen LogP contribution in [0.1, 0.15) is 19.3 Å². The number of allylic oxidation sites excluding steroid dienone is 2. The van der Waals surface area contributed by atoms with Gasteiger partial charge in [0.1, 0.15) is 0 Å². The van der Waals surface area contributed by atoms with Crippen molar-refractivity contribution in [1.82, 2.24) is 0 Å². The van der Waals surface area contributed by atoms with Gasteiger partial charge in [0.05, 0.1) is 0 Å². The number of hydrogen-bond acceptors (Lipinski definition) is 0. The van der Waals surface area contributed by atoms with Crippen molar-refractivity contribution in [2.75, 3.05) is 0 Å². The third-order valence-corrected chi connectivity index (χ3v) is 12.0. The third kappa shape index (κ3) is 10.8. The average molecular weight is 709 g/mol. The van der Waals surface area contributed by atoms with Crippen molar-refractivity contribution in [3.8, 4) is 0 Å². The van der Waals surface area contributed by atoms with Gasteiger partial charge < -0.3 is 0 Å². The SMILES string of the molecule is [CH]1C=CCCC1.[Rh].c1ccc(P(c2ccccc2)c2ccccc2)cc1.c1ccc(P(c2ccccc2)c2ccccc2)cc1. The van der Waals surface area contributed by atoms with E-state index < -0.39 is 15.8 Å². The Kier molecular flexibility index (Phi) is 15.2. The molecular weight excluding hydrogens is 669 g/mol. The molecule has 6 aromatic rings. The fourth-order valence-corrected chi connectivity index (χ4v) is 9.61. The third-order valence-electron chi connectivity index (χ3n) is 7.10. The molecule has 0 atom stereocenters. The molecule has 0 saturated carbocycles. The van der Waals surface area contributed by atoms with E-state index in [0.717, 1.165) is 0 Å². The van der Waals surface area contributed by atoms with Crippen molar-refractivity contribution in [3.63, 3.8) is 0 Å². The van der Waals surface area contributed by atoms with Crippen LogP contribution in [0.4, 0.5) is 0 Å². The van der Waals surface area contributed by atoms with Gasteiger partial charge >= 0.3 is 0 Å². The zero-order valence-electron chi connectivity index (χ0n) is 25.4. The van der Waals surface area contributed by atoms with Gasteiger partial charge in [-0.25, -0.2) is 0 Å². The summed E-state index contributed by atoms with van der Waals surface area (Å²) in [5, 5.41) is 8.39. The second kappa shape index (κ2) is 19.8. The van der Waals surface area contributed by atoms with E-state index in [4.69, 9.17) is 0 Å². The molecule has 0 unspecified atom stereocenters. The van der Waals surface area contributed by atoms with Crippen LogP contribution in [0.5, 0.6) is 0 Å². The molecule has 0 spiro atoms. The minimum atomic E-state index is -0.446. The van der Waals surface area contributed by atoms with Crippen LogP contribution in [0, 0.1) is 6.42 Å². The van der Waals surface area contributed by atoms with Crippen LogP contribution in [0.25, 0.3) is 0 Å². The Bertz CT molecular complexity index is 1310. The van der Waals surface area contributed by atoms with Gasteiger partial charge in [-0.3, -0.25) is 0 Å². The first-order chi connectivity index (χ1) is 21.9. The Labute approximate surface area is 285 Å². The van der Waals surface area contributed by atoms with E-state index in [1.807, 2.05) is 0 Å². The molecule has 6 aromatic carbocycles. The average Bonchev–Trinajstić information content (AvgIpc) is 3.13. The van der Waals surface area contributed by atoms with Gasteiger partial charge in [0.2, 0.25) is 0 Å². The Morgan fingerprint density at radius 1 is 0.311 bits per heavy atom. The first kappa shape index (κ1) is 34.4. The van der Waals surface area contributed by atoms with Crippen LogP contribution >= 0.6 is 15.8 Å². The molecule has 0 bridgehead atoms. The topological polar surface area (TPSA) is 0 Å². The van der Waals surface area contributed by atoms with Gasteiger partial charge in [-0.05, 0) is 73.4 Å². The molecule has 2 radical (unpaired) electrons. The Morgan fingerprint density at radius 3 is 0.689 bits per heavy atom. The number of rotatable bonds is 6. The van der Waals surface area contributed by atoms with Gasteiger partial charge in [0.15, 0.2) is 0 Å². The number of benzene rings is 6. The summed E-state index contributed by atoms with van der Waals surface area (Å²) in [5.41, 5.74) is 0. The van der Waals surface area contributed by atoms with Crippen LogP contribution in [-0.2, 0) is 19.5 Å². The van der Waals surface area contributed by atoms with Crippen LogP contribution in [-0.4, -0.2) is 0 Å². The van der Waals surface area contributed by atoms with Gasteiger partial charge in [-0.2, -0.15) is 0 Å². The summed E-state index contributed by atoms with van der Waals surface area (Å²) >= 11 is 0. The minimum absolute atomic E-state index is 0. The summed E-state index contributed by atoms with van der Waals surface area (Å²) in [6.45, 7) is 0. The van der Waals surface area contributed by atoms with Gasteiger partial charge in [-0.15, -0.1) is 0 Å². The molecule has 0 nitrogen and oxygen atoms in total. The molecule has 45 heavy (non-hydrogen) atoms. The fraction of sp³-hybridized carbons (Fsp3) is 0.0714. The predicted molar refractivity (Wildman–Crippen MR) is 198 cm³/mol. The van der Waals surface area contributed by atoms with Crippen LogP contribution in [0.2, 0.25) is 0 Å². The summed E-state index contributed by atoms with van der Waals surface area (Å²) in [5.74, 6) is 0. The van der Waals surface area contributed by atoms with E-state index in [0.29, 0.717) is 0 Å². The maximum Gasteiger partial charge on any atom is 0 e. The van der Waals surface area contributed by atoms with Gasteiger partial charge in [-0.1, -0.05) is 194 Å². The maximum atomic E-state index is 2.23. The first-order valence-electron chi connectivity index (χ1n) is 15.3. The Morgan fingerprint density at radius 2 is 0.556 bits per heavy atom. The fourth-order valence-electron chi connectivity index (χ4n) is 5.00. The van der Waals surface area contributed by atoms with Crippen molar-refractivity contribution in [1.29, 1.82) is 0 Å².